The van der Waals surface area contributed by atoms with Crippen molar-refractivity contribution >= 4 is 81.0 Å². The Balaban J connectivity index is 1.92. The van der Waals surface area contributed by atoms with Gasteiger partial charge in [0.2, 0.25) is 15.0 Å². The topological polar surface area (TPSA) is 74.8 Å². The molecule has 5 rings (SSSR count). The summed E-state index contributed by atoms with van der Waals surface area (Å²) in [4.78, 5) is 34.9. The molecule has 1 aromatic heterocycles. The number of nitrogens with zero attached hydrogens (tertiary/aromatic N) is 1. The van der Waals surface area contributed by atoms with E-state index in [-0.39, 0.29) is 11.5 Å². The van der Waals surface area contributed by atoms with E-state index in [1.165, 1.54) is 6.92 Å². The van der Waals surface area contributed by atoms with Gasteiger partial charge in [0.15, 0.2) is 7.26 Å². The first-order valence-corrected chi connectivity index (χ1v) is 16.8. The number of rotatable bonds is 8. The molecule has 5 nitrogen and oxygen atoms in total. The van der Waals surface area contributed by atoms with E-state index in [0.717, 1.165) is 33.2 Å². The van der Waals surface area contributed by atoms with Gasteiger partial charge in [0, 0.05) is 12.5 Å². The van der Waals surface area contributed by atoms with Crippen LogP contribution in [-0.4, -0.2) is 25.0 Å². The second kappa shape index (κ2) is 13.0. The fourth-order valence-corrected chi connectivity index (χ4v) is 11.1. The largest absolute Gasteiger partial charge is 0.340 e. The molecule has 1 amide bonds. The maximum absolute atomic E-state index is 14.6. The third-order valence-electron chi connectivity index (χ3n) is 6.54. The molecule has 1 unspecified atom stereocenters. The van der Waals surface area contributed by atoms with E-state index in [9.17, 15) is 9.59 Å². The monoisotopic (exact) mass is 652 g/mol. The summed E-state index contributed by atoms with van der Waals surface area (Å²) in [6.45, 7) is 1.35. The van der Waals surface area contributed by atoms with Crippen molar-refractivity contribution in [3.05, 3.63) is 132 Å². The summed E-state index contributed by atoms with van der Waals surface area (Å²) in [5.74, 6) is -0.0197. The van der Waals surface area contributed by atoms with E-state index in [0.29, 0.717) is 16.2 Å². The van der Waals surface area contributed by atoms with Crippen LogP contribution in [0.5, 0.6) is 0 Å². The number of hydrogen-bond donors (Lipinski definition) is 2. The molecule has 42 heavy (non-hydrogen) atoms. The molecule has 0 saturated heterocycles. The van der Waals surface area contributed by atoms with Crippen LogP contribution in [0.4, 0.5) is 0 Å². The molecule has 5 aromatic rings. The lowest BCUT2D eigenvalue weighted by Crippen LogP contribution is -2.48. The summed E-state index contributed by atoms with van der Waals surface area (Å²) in [7, 11) is -2.90. The average molecular weight is 654 g/mol. The maximum atomic E-state index is 14.6. The molecule has 0 fully saturated rings. The minimum Gasteiger partial charge on any atom is -0.340 e. The van der Waals surface area contributed by atoms with Crippen LogP contribution in [0.15, 0.2) is 131 Å². The highest BCUT2D eigenvalue weighted by Gasteiger charge is 2.53. The predicted octanol–water partition coefficient (Wildman–Crippen LogP) is 5.98. The van der Waals surface area contributed by atoms with Crippen molar-refractivity contribution < 1.29 is 4.79 Å². The number of halogens is 3. The van der Waals surface area contributed by atoms with Gasteiger partial charge in [0.25, 0.3) is 5.56 Å². The van der Waals surface area contributed by atoms with Gasteiger partial charge in [-0.1, -0.05) is 131 Å². The summed E-state index contributed by atoms with van der Waals surface area (Å²) in [5, 5.41) is 5.35. The first kappa shape index (κ1) is 30.3. The zero-order valence-corrected chi connectivity index (χ0v) is 26.4. The molecular formula is C32H26Cl3N3O2PS+. The second-order valence-corrected chi connectivity index (χ2v) is 16.2. The normalized spacial score (nSPS) is 12.5. The smallest absolute Gasteiger partial charge is 0.296 e. The first-order valence-electron chi connectivity index (χ1n) is 13.0. The lowest BCUT2D eigenvalue weighted by Gasteiger charge is -2.29. The van der Waals surface area contributed by atoms with Crippen molar-refractivity contribution in [2.45, 2.75) is 21.1 Å². The Morgan fingerprint density at radius 2 is 1.21 bits per heavy atom. The lowest BCUT2D eigenvalue weighted by molar-refractivity contribution is -0.119. The van der Waals surface area contributed by atoms with Crippen LogP contribution in [-0.2, 0) is 4.79 Å². The number of alkyl halides is 3. The molecule has 0 radical (unpaired) electrons. The van der Waals surface area contributed by atoms with Crippen molar-refractivity contribution in [3.63, 3.8) is 0 Å². The number of carbonyl (C=O) groups excluding carboxylic acids is 1. The number of aromatic amines is 1. The summed E-state index contributed by atoms with van der Waals surface area (Å²) >= 11 is 20.2. The van der Waals surface area contributed by atoms with Gasteiger partial charge in [-0.05, 0) is 36.4 Å². The molecular weight excluding hydrogens is 628 g/mol. The third-order valence-corrected chi connectivity index (χ3v) is 13.3. The molecule has 1 atom stereocenters. The van der Waals surface area contributed by atoms with Crippen LogP contribution in [0.1, 0.15) is 6.92 Å². The second-order valence-electron chi connectivity index (χ2n) is 9.35. The maximum Gasteiger partial charge on any atom is 0.296 e. The van der Waals surface area contributed by atoms with Crippen LogP contribution >= 0.6 is 53.8 Å². The highest BCUT2D eigenvalue weighted by atomic mass is 35.6. The molecule has 2 N–H and O–H groups in total. The van der Waals surface area contributed by atoms with Crippen LogP contribution in [0.25, 0.3) is 11.4 Å². The fourth-order valence-electron chi connectivity index (χ4n) is 4.82. The number of H-pyrrole nitrogens is 1. The molecule has 212 valence electrons. The molecule has 0 bridgehead atoms. The van der Waals surface area contributed by atoms with Crippen molar-refractivity contribution in [1.82, 2.24) is 15.3 Å². The Morgan fingerprint density at radius 3 is 1.62 bits per heavy atom. The fraction of sp³-hybridized carbons (Fsp3) is 0.0938. The van der Waals surface area contributed by atoms with Gasteiger partial charge in [0.1, 0.15) is 32.1 Å². The molecule has 0 aliphatic carbocycles. The zero-order chi connectivity index (χ0) is 29.7. The van der Waals surface area contributed by atoms with Crippen LogP contribution in [0.2, 0.25) is 0 Å². The highest BCUT2D eigenvalue weighted by Crippen LogP contribution is 2.55. The minimum atomic E-state index is -2.90. The number of aromatic nitrogens is 2. The number of carbonyl (C=O) groups is 1. The van der Waals surface area contributed by atoms with Gasteiger partial charge in [0.05, 0.1) is 0 Å². The Bertz CT molecular complexity index is 1620. The standard InChI is InChI=1S/C32H25Cl3N3O2PS/c1-22(39)36-31(32(33,34)35)42-30-27(29(40)37-28(38-30)23-14-6-2-7-15-23)41(24-16-8-3-9-17-24,25-18-10-4-11-19-25)26-20-12-5-13-21-26/h2-21,31H,1H3,(H-,36,37,38,39,40)/p+1. The van der Waals surface area contributed by atoms with E-state index in [1.807, 2.05) is 121 Å². The van der Waals surface area contributed by atoms with Crippen LogP contribution < -0.4 is 32.1 Å². The van der Waals surface area contributed by atoms with E-state index in [2.05, 4.69) is 10.3 Å². The van der Waals surface area contributed by atoms with Gasteiger partial charge in [-0.15, -0.1) is 0 Å². The molecule has 1 heterocycles. The van der Waals surface area contributed by atoms with E-state index < -0.39 is 16.4 Å². The molecule has 0 aliphatic rings. The summed E-state index contributed by atoms with van der Waals surface area (Å²) in [6.07, 6.45) is 0. The number of nitrogens with one attached hydrogen (secondary N) is 2. The number of benzene rings is 4. The quantitative estimate of drug-likeness (QED) is 0.0711. The van der Waals surface area contributed by atoms with Gasteiger partial charge in [-0.2, -0.15) is 0 Å². The predicted molar refractivity (Wildman–Crippen MR) is 179 cm³/mol. The summed E-state index contributed by atoms with van der Waals surface area (Å²) < 4.78 is -1.90. The van der Waals surface area contributed by atoms with Crippen molar-refractivity contribution in [3.8, 4) is 11.4 Å². The third kappa shape index (κ3) is 6.29. The van der Waals surface area contributed by atoms with Crippen molar-refractivity contribution in [2.75, 3.05) is 0 Å². The van der Waals surface area contributed by atoms with Gasteiger partial charge in [-0.3, -0.25) is 9.59 Å². The number of thioether (sulfide) groups is 1. The lowest BCUT2D eigenvalue weighted by atomic mass is 10.2. The van der Waals surface area contributed by atoms with Crippen molar-refractivity contribution in [2.24, 2.45) is 0 Å². The molecule has 4 aromatic carbocycles. The molecule has 10 heteroatoms. The van der Waals surface area contributed by atoms with Gasteiger partial charge in [-0.25, -0.2) is 4.98 Å². The Hall–Kier alpha value is -3.12. The van der Waals surface area contributed by atoms with E-state index in [4.69, 9.17) is 39.8 Å². The molecule has 0 spiro atoms. The number of amides is 1. The summed E-state index contributed by atoms with van der Waals surface area (Å²) in [6, 6.07) is 39.2. The SMILES string of the molecule is CC(=O)NC(Sc1nc(-c2ccccc2)[nH]c(=O)c1[P+](c1ccccc1)(c1ccccc1)c1ccccc1)C(Cl)(Cl)Cl. The summed E-state index contributed by atoms with van der Waals surface area (Å²) in [5.41, 5.74) is 0.401. The Kier molecular flexibility index (Phi) is 9.41. The Labute approximate surface area is 264 Å². The van der Waals surface area contributed by atoms with Gasteiger partial charge >= 0.3 is 0 Å². The molecule has 0 aliphatic heterocycles. The molecule has 0 saturated carbocycles. The average Bonchev–Trinajstić information content (AvgIpc) is 2.99. The number of hydrogen-bond acceptors (Lipinski definition) is 4. The van der Waals surface area contributed by atoms with E-state index >= 15 is 0 Å². The van der Waals surface area contributed by atoms with Crippen LogP contribution in [0.3, 0.4) is 0 Å². The Morgan fingerprint density at radius 1 is 0.786 bits per heavy atom. The van der Waals surface area contributed by atoms with Crippen LogP contribution in [0, 0.1) is 0 Å². The minimum absolute atomic E-state index is 0.317. The van der Waals surface area contributed by atoms with Crippen molar-refractivity contribution in [1.29, 1.82) is 0 Å². The van der Waals surface area contributed by atoms with Gasteiger partial charge < -0.3 is 10.3 Å². The zero-order valence-electron chi connectivity index (χ0n) is 22.4. The van der Waals surface area contributed by atoms with E-state index in [1.54, 1.807) is 0 Å². The highest BCUT2D eigenvalue weighted by molar-refractivity contribution is 8.04. The first-order chi connectivity index (χ1) is 20.2.